The van der Waals surface area contributed by atoms with E-state index in [4.69, 9.17) is 10.4 Å². The number of benzene rings is 1. The van der Waals surface area contributed by atoms with Gasteiger partial charge >= 0.3 is 0 Å². The Morgan fingerprint density at radius 2 is 2.00 bits per heavy atom. The van der Waals surface area contributed by atoms with Gasteiger partial charge in [0.2, 0.25) is 10.0 Å². The van der Waals surface area contributed by atoms with E-state index in [9.17, 15) is 8.42 Å². The zero-order valence-corrected chi connectivity index (χ0v) is 11.7. The maximum absolute atomic E-state index is 11.1. The van der Waals surface area contributed by atoms with Crippen molar-refractivity contribution in [2.24, 2.45) is 12.2 Å². The van der Waals surface area contributed by atoms with Crippen molar-refractivity contribution in [3.05, 3.63) is 47.8 Å². The third-order valence-electron chi connectivity index (χ3n) is 2.86. The van der Waals surface area contributed by atoms with Crippen LogP contribution in [0.15, 0.2) is 41.4 Å². The minimum absolute atomic E-state index is 0.0783. The fourth-order valence-corrected chi connectivity index (χ4v) is 2.32. The van der Waals surface area contributed by atoms with E-state index in [0.29, 0.717) is 12.2 Å². The molecule has 0 spiro atoms. The summed E-state index contributed by atoms with van der Waals surface area (Å²) in [5.41, 5.74) is 2.34. The molecule has 3 N–H and O–H groups in total. The summed E-state index contributed by atoms with van der Waals surface area (Å²) in [7, 11) is -1.85. The van der Waals surface area contributed by atoms with Gasteiger partial charge in [0.05, 0.1) is 4.90 Å². The molecule has 0 radical (unpaired) electrons. The van der Waals surface area contributed by atoms with Crippen molar-refractivity contribution in [2.75, 3.05) is 5.32 Å². The molecule has 6 nitrogen and oxygen atoms in total. The van der Waals surface area contributed by atoms with Crippen LogP contribution in [0.5, 0.6) is 0 Å². The predicted molar refractivity (Wildman–Crippen MR) is 75.3 cm³/mol. The first-order chi connectivity index (χ1) is 9.40. The van der Waals surface area contributed by atoms with Crippen molar-refractivity contribution in [3.63, 3.8) is 0 Å². The molecule has 0 fully saturated rings. The van der Waals surface area contributed by atoms with Gasteiger partial charge in [-0.3, -0.25) is 0 Å². The lowest BCUT2D eigenvalue weighted by atomic mass is 10.3. The van der Waals surface area contributed by atoms with Crippen molar-refractivity contribution in [2.45, 2.75) is 11.4 Å². The average Bonchev–Trinajstić information content (AvgIpc) is 2.76. The van der Waals surface area contributed by atoms with E-state index in [1.54, 1.807) is 22.8 Å². The number of anilines is 1. The van der Waals surface area contributed by atoms with Crippen molar-refractivity contribution in [1.82, 2.24) is 4.57 Å². The minimum atomic E-state index is -3.66. The van der Waals surface area contributed by atoms with E-state index in [1.165, 1.54) is 12.1 Å². The molecule has 1 aromatic heterocycles. The molecule has 1 heterocycles. The van der Waals surface area contributed by atoms with Crippen LogP contribution in [0.25, 0.3) is 0 Å². The van der Waals surface area contributed by atoms with Crippen molar-refractivity contribution in [3.8, 4) is 6.07 Å². The lowest BCUT2D eigenvalue weighted by Gasteiger charge is -2.05. The second-order valence-electron chi connectivity index (χ2n) is 4.38. The number of nitriles is 1. The quantitative estimate of drug-likeness (QED) is 0.882. The van der Waals surface area contributed by atoms with Crippen molar-refractivity contribution < 1.29 is 8.42 Å². The smallest absolute Gasteiger partial charge is 0.238 e. The summed E-state index contributed by atoms with van der Waals surface area (Å²) >= 11 is 0. The van der Waals surface area contributed by atoms with E-state index in [2.05, 4.69) is 11.4 Å². The summed E-state index contributed by atoms with van der Waals surface area (Å²) in [4.78, 5) is 0.0783. The Morgan fingerprint density at radius 3 is 2.50 bits per heavy atom. The van der Waals surface area contributed by atoms with E-state index < -0.39 is 10.0 Å². The van der Waals surface area contributed by atoms with Gasteiger partial charge < -0.3 is 9.88 Å². The molecular weight excluding hydrogens is 276 g/mol. The number of rotatable bonds is 4. The summed E-state index contributed by atoms with van der Waals surface area (Å²) in [5.74, 6) is 0. The van der Waals surface area contributed by atoms with E-state index in [1.807, 2.05) is 13.2 Å². The Balaban J connectivity index is 2.06. The topological polar surface area (TPSA) is 101 Å². The number of nitrogens with one attached hydrogen (secondary N) is 1. The highest BCUT2D eigenvalue weighted by Crippen LogP contribution is 2.14. The number of nitrogens with two attached hydrogens (primary N) is 1. The lowest BCUT2D eigenvalue weighted by Crippen LogP contribution is -2.11. The maximum atomic E-state index is 11.1. The molecule has 0 saturated heterocycles. The van der Waals surface area contributed by atoms with Gasteiger partial charge in [0.15, 0.2) is 0 Å². The first-order valence-electron chi connectivity index (χ1n) is 5.82. The van der Waals surface area contributed by atoms with Crippen LogP contribution in [0.1, 0.15) is 11.3 Å². The summed E-state index contributed by atoms with van der Waals surface area (Å²) in [6, 6.07) is 10.1. The molecule has 2 aromatic rings. The zero-order valence-electron chi connectivity index (χ0n) is 10.9. The molecule has 0 saturated carbocycles. The van der Waals surface area contributed by atoms with Crippen LogP contribution in [0.2, 0.25) is 0 Å². The van der Waals surface area contributed by atoms with E-state index in [0.717, 1.165) is 11.3 Å². The van der Waals surface area contributed by atoms with E-state index in [-0.39, 0.29) is 4.90 Å². The van der Waals surface area contributed by atoms with Crippen LogP contribution in [0.4, 0.5) is 5.69 Å². The SMILES string of the molecule is Cn1cc(CNc2ccc(S(N)(=O)=O)cc2)cc1C#N. The van der Waals surface area contributed by atoms with Gasteiger partial charge in [0, 0.05) is 25.5 Å². The number of nitrogens with zero attached hydrogens (tertiary/aromatic N) is 2. The normalized spacial score (nSPS) is 11.1. The molecular formula is C13H14N4O2S. The molecule has 2 rings (SSSR count). The maximum Gasteiger partial charge on any atom is 0.238 e. The number of aryl methyl sites for hydroxylation is 1. The molecule has 104 valence electrons. The minimum Gasteiger partial charge on any atom is -0.381 e. The van der Waals surface area contributed by atoms with Crippen LogP contribution in [-0.4, -0.2) is 13.0 Å². The third-order valence-corrected chi connectivity index (χ3v) is 3.78. The van der Waals surface area contributed by atoms with Crippen LogP contribution in [0.3, 0.4) is 0 Å². The lowest BCUT2D eigenvalue weighted by molar-refractivity contribution is 0.598. The first kappa shape index (κ1) is 14.1. The van der Waals surface area contributed by atoms with Crippen LogP contribution >= 0.6 is 0 Å². The predicted octanol–water partition coefficient (Wildman–Crippen LogP) is 1.16. The molecule has 0 aliphatic heterocycles. The Hall–Kier alpha value is -2.30. The first-order valence-corrected chi connectivity index (χ1v) is 7.37. The summed E-state index contributed by atoms with van der Waals surface area (Å²) in [5, 5.41) is 17.0. The second-order valence-corrected chi connectivity index (χ2v) is 5.94. The molecule has 0 atom stereocenters. The van der Waals surface area contributed by atoms with Gasteiger partial charge in [-0.15, -0.1) is 0 Å². The van der Waals surface area contributed by atoms with Gasteiger partial charge in [0.25, 0.3) is 0 Å². The molecule has 0 amide bonds. The Morgan fingerprint density at radius 1 is 1.35 bits per heavy atom. The number of sulfonamides is 1. The fourth-order valence-electron chi connectivity index (χ4n) is 1.81. The van der Waals surface area contributed by atoms with Gasteiger partial charge in [-0.05, 0) is 35.9 Å². The molecule has 7 heteroatoms. The standard InChI is InChI=1S/C13H14N4O2S/c1-17-9-10(6-12(17)7-14)8-16-11-2-4-13(5-3-11)20(15,18)19/h2-6,9,16H,8H2,1H3,(H2,15,18,19). The number of primary sulfonamides is 1. The Bertz CT molecular complexity index is 755. The third kappa shape index (κ3) is 3.17. The highest BCUT2D eigenvalue weighted by atomic mass is 32.2. The van der Waals surface area contributed by atoms with Crippen molar-refractivity contribution in [1.29, 1.82) is 5.26 Å². The van der Waals surface area contributed by atoms with Gasteiger partial charge in [-0.2, -0.15) is 5.26 Å². The Kier molecular flexibility index (Phi) is 3.79. The van der Waals surface area contributed by atoms with Crippen molar-refractivity contribution >= 4 is 15.7 Å². The van der Waals surface area contributed by atoms with Crippen LogP contribution in [-0.2, 0) is 23.6 Å². The zero-order chi connectivity index (χ0) is 14.8. The van der Waals surface area contributed by atoms with Gasteiger partial charge in [-0.25, -0.2) is 13.6 Å². The summed E-state index contributed by atoms with van der Waals surface area (Å²) in [6.45, 7) is 0.546. The van der Waals surface area contributed by atoms with Crippen LogP contribution < -0.4 is 10.5 Å². The molecule has 1 aromatic carbocycles. The molecule has 0 bridgehead atoms. The summed E-state index contributed by atoms with van der Waals surface area (Å²) in [6.07, 6.45) is 1.87. The number of aromatic nitrogens is 1. The largest absolute Gasteiger partial charge is 0.381 e. The highest BCUT2D eigenvalue weighted by Gasteiger charge is 2.07. The van der Waals surface area contributed by atoms with Gasteiger partial charge in [-0.1, -0.05) is 0 Å². The molecule has 0 unspecified atom stereocenters. The Labute approximate surface area is 117 Å². The second kappa shape index (κ2) is 5.36. The fraction of sp³-hybridized carbons (Fsp3) is 0.154. The number of hydrogen-bond acceptors (Lipinski definition) is 4. The average molecular weight is 290 g/mol. The molecule has 0 aliphatic carbocycles. The summed E-state index contributed by atoms with van der Waals surface area (Å²) < 4.78 is 24.0. The number of hydrogen-bond donors (Lipinski definition) is 2. The van der Waals surface area contributed by atoms with Crippen LogP contribution in [0, 0.1) is 11.3 Å². The molecule has 20 heavy (non-hydrogen) atoms. The van der Waals surface area contributed by atoms with E-state index >= 15 is 0 Å². The highest BCUT2D eigenvalue weighted by molar-refractivity contribution is 7.89. The molecule has 0 aliphatic rings. The van der Waals surface area contributed by atoms with Gasteiger partial charge in [0.1, 0.15) is 11.8 Å². The monoisotopic (exact) mass is 290 g/mol.